The highest BCUT2D eigenvalue weighted by Gasteiger charge is 2.23. The average Bonchev–Trinajstić information content (AvgIpc) is 2.89. The summed E-state index contributed by atoms with van der Waals surface area (Å²) in [5.41, 5.74) is 11.3. The highest BCUT2D eigenvalue weighted by atomic mass is 35.5. The minimum Gasteiger partial charge on any atom is -0.321 e. The van der Waals surface area contributed by atoms with E-state index in [1.165, 1.54) is 11.8 Å². The van der Waals surface area contributed by atoms with Gasteiger partial charge in [-0.25, -0.2) is 4.68 Å². The minimum absolute atomic E-state index is 0.176. The van der Waals surface area contributed by atoms with Gasteiger partial charge in [0.25, 0.3) is 0 Å². The molecule has 1 aliphatic rings. The minimum atomic E-state index is -0.176. The lowest BCUT2D eigenvalue weighted by atomic mass is 10.0. The van der Waals surface area contributed by atoms with Crippen LogP contribution >= 0.6 is 35.0 Å². The first-order valence-corrected chi connectivity index (χ1v) is 8.89. The number of rotatable bonds is 4. The number of hydrogen-bond acceptors (Lipinski definition) is 5. The Kier molecular flexibility index (Phi) is 4.87. The number of aromatic nitrogens is 3. The van der Waals surface area contributed by atoms with Crippen molar-refractivity contribution in [3.05, 3.63) is 45.0 Å². The number of halogens is 2. The molecule has 0 saturated carbocycles. The standard InChI is InChI=1S/C15H17Cl2N5S/c1-8(2)5-12(18)14-19-20-15-22(14)21-13(7-23-15)10-4-3-9(16)6-11(10)17/h3-4,6-8,12,21H,5,18H2,1-2H3/t12-/m0/s1. The Morgan fingerprint density at radius 1 is 1.30 bits per heavy atom. The maximum atomic E-state index is 6.30. The molecule has 1 atom stereocenters. The van der Waals surface area contributed by atoms with E-state index in [0.29, 0.717) is 16.0 Å². The van der Waals surface area contributed by atoms with E-state index in [1.54, 1.807) is 6.07 Å². The molecule has 2 heterocycles. The van der Waals surface area contributed by atoms with Crippen LogP contribution in [0.4, 0.5) is 0 Å². The van der Waals surface area contributed by atoms with Crippen LogP contribution in [-0.4, -0.2) is 14.9 Å². The monoisotopic (exact) mass is 369 g/mol. The molecule has 1 aromatic heterocycles. The molecule has 0 amide bonds. The molecule has 0 unspecified atom stereocenters. The summed E-state index contributed by atoms with van der Waals surface area (Å²) in [4.78, 5) is 0. The largest absolute Gasteiger partial charge is 0.321 e. The van der Waals surface area contributed by atoms with Gasteiger partial charge in [-0.2, -0.15) is 0 Å². The molecule has 0 fully saturated rings. The highest BCUT2D eigenvalue weighted by molar-refractivity contribution is 8.02. The SMILES string of the molecule is CC(C)C[C@H](N)c1nnc2n1NC(c1ccc(Cl)cc1Cl)=CS2. The van der Waals surface area contributed by atoms with Crippen LogP contribution in [0, 0.1) is 5.92 Å². The Balaban J connectivity index is 1.89. The fourth-order valence-electron chi connectivity index (χ4n) is 2.41. The zero-order chi connectivity index (χ0) is 16.6. The van der Waals surface area contributed by atoms with Crippen molar-refractivity contribution in [1.29, 1.82) is 0 Å². The van der Waals surface area contributed by atoms with E-state index in [-0.39, 0.29) is 6.04 Å². The molecule has 23 heavy (non-hydrogen) atoms. The van der Waals surface area contributed by atoms with Crippen LogP contribution in [0.15, 0.2) is 28.8 Å². The third-order valence-corrected chi connectivity index (χ3v) is 4.83. The van der Waals surface area contributed by atoms with Crippen LogP contribution < -0.4 is 11.2 Å². The van der Waals surface area contributed by atoms with Crippen molar-refractivity contribution >= 4 is 40.7 Å². The zero-order valence-electron chi connectivity index (χ0n) is 12.8. The van der Waals surface area contributed by atoms with Crippen molar-refractivity contribution in [2.75, 3.05) is 5.43 Å². The normalized spacial score (nSPS) is 15.1. The highest BCUT2D eigenvalue weighted by Crippen LogP contribution is 2.33. The predicted molar refractivity (Wildman–Crippen MR) is 96.1 cm³/mol. The van der Waals surface area contributed by atoms with Crippen LogP contribution in [0.5, 0.6) is 0 Å². The van der Waals surface area contributed by atoms with Crippen LogP contribution in [0.1, 0.15) is 37.7 Å². The van der Waals surface area contributed by atoms with E-state index in [0.717, 1.165) is 28.7 Å². The van der Waals surface area contributed by atoms with Gasteiger partial charge >= 0.3 is 0 Å². The van der Waals surface area contributed by atoms with E-state index in [9.17, 15) is 0 Å². The molecule has 2 aromatic rings. The Morgan fingerprint density at radius 2 is 2.09 bits per heavy atom. The van der Waals surface area contributed by atoms with Crippen molar-refractivity contribution in [2.24, 2.45) is 11.7 Å². The average molecular weight is 370 g/mol. The molecule has 5 nitrogen and oxygen atoms in total. The predicted octanol–water partition coefficient (Wildman–Crippen LogP) is 4.28. The molecule has 8 heteroatoms. The zero-order valence-corrected chi connectivity index (χ0v) is 15.1. The molecule has 1 aromatic carbocycles. The van der Waals surface area contributed by atoms with Crippen LogP contribution in [0.3, 0.4) is 0 Å². The summed E-state index contributed by atoms with van der Waals surface area (Å²) in [6, 6.07) is 5.24. The smallest absolute Gasteiger partial charge is 0.214 e. The Labute approximate surface area is 149 Å². The summed E-state index contributed by atoms with van der Waals surface area (Å²) >= 11 is 13.7. The fraction of sp³-hybridized carbons (Fsp3) is 0.333. The van der Waals surface area contributed by atoms with Crippen molar-refractivity contribution in [3.63, 3.8) is 0 Å². The Morgan fingerprint density at radius 3 is 2.78 bits per heavy atom. The lowest BCUT2D eigenvalue weighted by molar-refractivity contribution is 0.483. The number of fused-ring (bicyclic) bond motifs is 1. The molecule has 3 N–H and O–H groups in total. The third-order valence-electron chi connectivity index (χ3n) is 3.45. The fourth-order valence-corrected chi connectivity index (χ4v) is 3.65. The number of nitrogens with one attached hydrogen (secondary N) is 1. The molecule has 3 rings (SSSR count). The summed E-state index contributed by atoms with van der Waals surface area (Å²) in [6.45, 7) is 4.27. The van der Waals surface area contributed by atoms with E-state index in [2.05, 4.69) is 29.5 Å². The summed E-state index contributed by atoms with van der Waals surface area (Å²) in [7, 11) is 0. The molecule has 0 spiro atoms. The quantitative estimate of drug-likeness (QED) is 0.841. The molecular formula is C15H17Cl2N5S. The summed E-state index contributed by atoms with van der Waals surface area (Å²) < 4.78 is 1.83. The van der Waals surface area contributed by atoms with E-state index in [4.69, 9.17) is 28.9 Å². The molecule has 122 valence electrons. The van der Waals surface area contributed by atoms with E-state index >= 15 is 0 Å². The van der Waals surface area contributed by atoms with Gasteiger partial charge in [-0.15, -0.1) is 10.2 Å². The van der Waals surface area contributed by atoms with Crippen molar-refractivity contribution in [2.45, 2.75) is 31.5 Å². The van der Waals surface area contributed by atoms with Crippen LogP contribution in [-0.2, 0) is 0 Å². The summed E-state index contributed by atoms with van der Waals surface area (Å²) in [5, 5.41) is 12.3. The van der Waals surface area contributed by atoms with Gasteiger partial charge in [0.05, 0.1) is 16.8 Å². The Bertz CT molecular complexity index is 756. The lowest BCUT2D eigenvalue weighted by Crippen LogP contribution is -2.25. The topological polar surface area (TPSA) is 68.8 Å². The number of thioether (sulfide) groups is 1. The first-order valence-electron chi connectivity index (χ1n) is 7.26. The number of benzene rings is 1. The first-order chi connectivity index (χ1) is 11.0. The molecule has 1 aliphatic heterocycles. The van der Waals surface area contributed by atoms with Gasteiger partial charge in [0, 0.05) is 16.0 Å². The van der Waals surface area contributed by atoms with Gasteiger partial charge in [0.15, 0.2) is 5.82 Å². The summed E-state index contributed by atoms with van der Waals surface area (Å²) in [5.74, 6) is 1.20. The second-order valence-electron chi connectivity index (χ2n) is 5.80. The maximum absolute atomic E-state index is 6.30. The summed E-state index contributed by atoms with van der Waals surface area (Å²) in [6.07, 6.45) is 0.839. The van der Waals surface area contributed by atoms with E-state index in [1.807, 2.05) is 22.2 Å². The van der Waals surface area contributed by atoms with Crippen LogP contribution in [0.2, 0.25) is 10.0 Å². The maximum Gasteiger partial charge on any atom is 0.214 e. The van der Waals surface area contributed by atoms with Gasteiger partial charge in [-0.05, 0) is 30.5 Å². The molecule has 0 saturated heterocycles. The van der Waals surface area contributed by atoms with E-state index < -0.39 is 0 Å². The number of nitrogens with two attached hydrogens (primary N) is 1. The van der Waals surface area contributed by atoms with Crippen molar-refractivity contribution < 1.29 is 0 Å². The van der Waals surface area contributed by atoms with Crippen LogP contribution in [0.25, 0.3) is 5.70 Å². The van der Waals surface area contributed by atoms with Gasteiger partial charge in [0.2, 0.25) is 5.16 Å². The van der Waals surface area contributed by atoms with Gasteiger partial charge in [0.1, 0.15) is 0 Å². The number of hydrogen-bond donors (Lipinski definition) is 2. The second-order valence-corrected chi connectivity index (χ2v) is 7.48. The van der Waals surface area contributed by atoms with Crippen molar-refractivity contribution in [1.82, 2.24) is 14.9 Å². The first kappa shape index (κ1) is 16.6. The third kappa shape index (κ3) is 3.50. The second kappa shape index (κ2) is 6.73. The van der Waals surface area contributed by atoms with Gasteiger partial charge < -0.3 is 5.73 Å². The number of nitrogens with zero attached hydrogens (tertiary/aromatic N) is 3. The van der Waals surface area contributed by atoms with Gasteiger partial charge in [-0.3, -0.25) is 5.43 Å². The molecular weight excluding hydrogens is 353 g/mol. The van der Waals surface area contributed by atoms with Crippen molar-refractivity contribution in [3.8, 4) is 0 Å². The van der Waals surface area contributed by atoms with Gasteiger partial charge in [-0.1, -0.05) is 48.8 Å². The lowest BCUT2D eigenvalue weighted by Gasteiger charge is -2.22. The molecule has 0 bridgehead atoms. The molecule has 0 radical (unpaired) electrons. The Hall–Kier alpha value is -1.21. The molecule has 0 aliphatic carbocycles.